The number of anilines is 1. The van der Waals surface area contributed by atoms with Gasteiger partial charge >= 0.3 is 0 Å². The van der Waals surface area contributed by atoms with Gasteiger partial charge in [-0.25, -0.2) is 9.97 Å². The van der Waals surface area contributed by atoms with Gasteiger partial charge in [0.25, 0.3) is 0 Å². The van der Waals surface area contributed by atoms with E-state index in [2.05, 4.69) is 20.1 Å². The van der Waals surface area contributed by atoms with Crippen molar-refractivity contribution in [2.45, 2.75) is 13.8 Å². The average Bonchev–Trinajstić information content (AvgIpc) is 2.57. The van der Waals surface area contributed by atoms with Gasteiger partial charge in [0.15, 0.2) is 5.82 Å². The maximum Gasteiger partial charge on any atom is 0.239 e. The summed E-state index contributed by atoms with van der Waals surface area (Å²) in [5, 5.41) is 3.93. The van der Waals surface area contributed by atoms with Crippen LogP contribution in [0.4, 0.5) is 5.95 Å². The Bertz CT molecular complexity index is 461. The lowest BCUT2D eigenvalue weighted by molar-refractivity contribution is 0.825. The highest BCUT2D eigenvalue weighted by Gasteiger charge is 2.03. The molecule has 72 valence electrons. The third-order valence-corrected chi connectivity index (χ3v) is 1.92. The number of hydrogen-bond acceptors (Lipinski definition) is 5. The Morgan fingerprint density at radius 2 is 2.00 bits per heavy atom. The predicted octanol–water partition coefficient (Wildman–Crippen LogP) is 0.256. The first-order chi connectivity index (χ1) is 6.66. The van der Waals surface area contributed by atoms with Crippen molar-refractivity contribution in [3.63, 3.8) is 0 Å². The number of nitrogen functional groups attached to an aromatic ring is 1. The third-order valence-electron chi connectivity index (χ3n) is 1.92. The first kappa shape index (κ1) is 8.61. The molecule has 0 aliphatic heterocycles. The topological polar surface area (TPSA) is 82.5 Å². The summed E-state index contributed by atoms with van der Waals surface area (Å²) in [5.74, 6) is 0.849. The molecule has 0 fully saturated rings. The van der Waals surface area contributed by atoms with Crippen molar-refractivity contribution >= 4 is 5.95 Å². The molecule has 2 aromatic rings. The van der Waals surface area contributed by atoms with Crippen LogP contribution in [-0.4, -0.2) is 24.7 Å². The highest BCUT2D eigenvalue weighted by atomic mass is 15.4. The van der Waals surface area contributed by atoms with Crippen LogP contribution in [0.15, 0.2) is 12.5 Å². The minimum atomic E-state index is 0.227. The summed E-state index contributed by atoms with van der Waals surface area (Å²) in [6, 6.07) is 0. The number of nitrogens with zero attached hydrogens (tertiary/aromatic N) is 5. The summed E-state index contributed by atoms with van der Waals surface area (Å²) in [7, 11) is 0. The minimum Gasteiger partial charge on any atom is -0.366 e. The van der Waals surface area contributed by atoms with Crippen LogP contribution in [0.2, 0.25) is 0 Å². The van der Waals surface area contributed by atoms with Gasteiger partial charge in [-0.1, -0.05) is 0 Å². The maximum absolute atomic E-state index is 5.39. The van der Waals surface area contributed by atoms with Gasteiger partial charge in [0.05, 0.1) is 17.6 Å². The van der Waals surface area contributed by atoms with Crippen molar-refractivity contribution in [1.29, 1.82) is 0 Å². The van der Waals surface area contributed by atoms with Crippen LogP contribution in [0.3, 0.4) is 0 Å². The van der Waals surface area contributed by atoms with Crippen LogP contribution in [-0.2, 0) is 0 Å². The molecule has 0 aromatic carbocycles. The van der Waals surface area contributed by atoms with Gasteiger partial charge in [-0.15, -0.1) is 5.10 Å². The van der Waals surface area contributed by atoms with Crippen LogP contribution in [0.5, 0.6) is 0 Å². The summed E-state index contributed by atoms with van der Waals surface area (Å²) in [6.07, 6.45) is 3.14. The van der Waals surface area contributed by atoms with Crippen LogP contribution >= 0.6 is 0 Å². The van der Waals surface area contributed by atoms with Gasteiger partial charge in [0.1, 0.15) is 6.33 Å². The van der Waals surface area contributed by atoms with Gasteiger partial charge in [0, 0.05) is 0 Å². The molecule has 2 N–H and O–H groups in total. The highest BCUT2D eigenvalue weighted by Crippen LogP contribution is 2.05. The van der Waals surface area contributed by atoms with Crippen molar-refractivity contribution in [2.24, 2.45) is 0 Å². The average molecular weight is 190 g/mol. The molecule has 0 atom stereocenters. The zero-order valence-electron chi connectivity index (χ0n) is 7.97. The van der Waals surface area contributed by atoms with Crippen molar-refractivity contribution in [1.82, 2.24) is 24.7 Å². The van der Waals surface area contributed by atoms with Crippen molar-refractivity contribution in [3.05, 3.63) is 23.9 Å². The van der Waals surface area contributed by atoms with Gasteiger partial charge in [-0.3, -0.25) is 4.98 Å². The van der Waals surface area contributed by atoms with E-state index in [9.17, 15) is 0 Å². The lowest BCUT2D eigenvalue weighted by Gasteiger charge is -2.01. The Morgan fingerprint density at radius 1 is 1.21 bits per heavy atom. The van der Waals surface area contributed by atoms with E-state index in [-0.39, 0.29) is 5.95 Å². The normalized spacial score (nSPS) is 10.4. The quantitative estimate of drug-likeness (QED) is 0.697. The standard InChI is InChI=1S/C8H10N6/c1-5-6(2)12-7(3-10-5)14-4-11-8(9)13-14/h3-4H,1-2H3,(H2,9,13). The van der Waals surface area contributed by atoms with Gasteiger partial charge < -0.3 is 5.73 Å². The lowest BCUT2D eigenvalue weighted by atomic mass is 10.3. The smallest absolute Gasteiger partial charge is 0.239 e. The maximum atomic E-state index is 5.39. The molecule has 2 rings (SSSR count). The fourth-order valence-electron chi connectivity index (χ4n) is 1.03. The molecule has 0 saturated carbocycles. The molecule has 2 aromatic heterocycles. The van der Waals surface area contributed by atoms with E-state index in [0.717, 1.165) is 11.4 Å². The van der Waals surface area contributed by atoms with E-state index in [0.29, 0.717) is 5.82 Å². The number of nitrogens with two attached hydrogens (primary N) is 1. The molecule has 0 aliphatic rings. The Balaban J connectivity index is 2.47. The van der Waals surface area contributed by atoms with E-state index in [1.54, 1.807) is 6.20 Å². The van der Waals surface area contributed by atoms with E-state index in [1.807, 2.05) is 13.8 Å². The Hall–Kier alpha value is -1.98. The second-order valence-corrected chi connectivity index (χ2v) is 2.95. The van der Waals surface area contributed by atoms with Crippen LogP contribution in [0.1, 0.15) is 11.4 Å². The molecule has 0 spiro atoms. The second-order valence-electron chi connectivity index (χ2n) is 2.95. The fourth-order valence-corrected chi connectivity index (χ4v) is 1.03. The minimum absolute atomic E-state index is 0.227. The zero-order valence-corrected chi connectivity index (χ0v) is 7.97. The largest absolute Gasteiger partial charge is 0.366 e. The molecule has 2 heterocycles. The second kappa shape index (κ2) is 3.06. The summed E-state index contributed by atoms with van der Waals surface area (Å²) in [5.41, 5.74) is 7.17. The molecule has 0 saturated heterocycles. The molecule has 6 nitrogen and oxygen atoms in total. The molecule has 0 aliphatic carbocycles. The Morgan fingerprint density at radius 3 is 2.57 bits per heavy atom. The number of rotatable bonds is 1. The van der Waals surface area contributed by atoms with Crippen LogP contribution in [0.25, 0.3) is 5.82 Å². The Labute approximate surface area is 80.8 Å². The van der Waals surface area contributed by atoms with Crippen molar-refractivity contribution in [2.75, 3.05) is 5.73 Å². The molecule has 14 heavy (non-hydrogen) atoms. The highest BCUT2D eigenvalue weighted by molar-refractivity contribution is 5.23. The predicted molar refractivity (Wildman–Crippen MR) is 50.8 cm³/mol. The first-order valence-electron chi connectivity index (χ1n) is 4.14. The Kier molecular flexibility index (Phi) is 1.88. The molecule has 0 bridgehead atoms. The van der Waals surface area contributed by atoms with E-state index in [1.165, 1.54) is 11.0 Å². The van der Waals surface area contributed by atoms with E-state index >= 15 is 0 Å². The molecule has 0 radical (unpaired) electrons. The number of aryl methyl sites for hydroxylation is 2. The summed E-state index contributed by atoms with van der Waals surface area (Å²) >= 11 is 0. The molecular weight excluding hydrogens is 180 g/mol. The van der Waals surface area contributed by atoms with Crippen LogP contribution in [0, 0.1) is 13.8 Å². The number of aromatic nitrogens is 5. The monoisotopic (exact) mass is 190 g/mol. The lowest BCUT2D eigenvalue weighted by Crippen LogP contribution is -2.02. The van der Waals surface area contributed by atoms with Gasteiger partial charge in [0.2, 0.25) is 5.95 Å². The van der Waals surface area contributed by atoms with Gasteiger partial charge in [-0.2, -0.15) is 4.68 Å². The SMILES string of the molecule is Cc1ncc(-n2cnc(N)n2)nc1C. The summed E-state index contributed by atoms with van der Waals surface area (Å²) in [4.78, 5) is 12.3. The molecule has 0 amide bonds. The van der Waals surface area contributed by atoms with Crippen molar-refractivity contribution < 1.29 is 0 Å². The summed E-state index contributed by atoms with van der Waals surface area (Å²) < 4.78 is 1.49. The summed E-state index contributed by atoms with van der Waals surface area (Å²) in [6.45, 7) is 3.80. The van der Waals surface area contributed by atoms with Crippen LogP contribution < -0.4 is 5.73 Å². The van der Waals surface area contributed by atoms with E-state index < -0.39 is 0 Å². The van der Waals surface area contributed by atoms with Crippen molar-refractivity contribution in [3.8, 4) is 5.82 Å². The molecule has 6 heteroatoms. The zero-order chi connectivity index (χ0) is 10.1. The third kappa shape index (κ3) is 1.41. The molecular formula is C8H10N6. The number of hydrogen-bond donors (Lipinski definition) is 1. The van der Waals surface area contributed by atoms with E-state index in [4.69, 9.17) is 5.73 Å². The van der Waals surface area contributed by atoms with Gasteiger partial charge in [-0.05, 0) is 13.8 Å². The fraction of sp³-hybridized carbons (Fsp3) is 0.250. The molecule has 0 unspecified atom stereocenters. The first-order valence-corrected chi connectivity index (χ1v) is 4.14.